The first-order chi connectivity index (χ1) is 18.1. The van der Waals surface area contributed by atoms with Gasteiger partial charge in [-0.05, 0) is 50.9 Å². The quantitative estimate of drug-likeness (QED) is 0.123. The third-order valence-electron chi connectivity index (χ3n) is 7.42. The van der Waals surface area contributed by atoms with Gasteiger partial charge < -0.3 is 36.1 Å². The molecular weight excluding hydrogens is 492 g/mol. The molecule has 0 saturated carbocycles. The largest absolute Gasteiger partial charge is 0.481 e. The molecule has 0 aliphatic carbocycles. The number of carboxylic acids is 1. The van der Waals surface area contributed by atoms with E-state index in [1.54, 1.807) is 4.90 Å². The van der Waals surface area contributed by atoms with Gasteiger partial charge in [0, 0.05) is 25.6 Å². The Morgan fingerprint density at radius 3 is 2.32 bits per heavy atom. The van der Waals surface area contributed by atoms with Gasteiger partial charge in [-0.1, -0.05) is 26.7 Å². The van der Waals surface area contributed by atoms with E-state index in [-0.39, 0.29) is 30.2 Å². The zero-order chi connectivity index (χ0) is 28.2. The van der Waals surface area contributed by atoms with Gasteiger partial charge in [-0.2, -0.15) is 0 Å². The molecule has 2 fully saturated rings. The lowest BCUT2D eigenvalue weighted by Crippen LogP contribution is -2.56. The van der Waals surface area contributed by atoms with Crippen molar-refractivity contribution >= 4 is 35.9 Å². The normalized spacial score (nSPS) is 21.0. The molecule has 6 N–H and O–H groups in total. The molecular formula is C26H44N6O6. The number of aldehydes is 1. The highest BCUT2D eigenvalue weighted by Gasteiger charge is 2.39. The summed E-state index contributed by atoms with van der Waals surface area (Å²) in [6, 6.07) is -2.87. The number of nitrogens with one attached hydrogen (secondary N) is 3. The summed E-state index contributed by atoms with van der Waals surface area (Å²) in [5.74, 6) is -2.88. The first-order valence-corrected chi connectivity index (χ1v) is 13.8. The topological polar surface area (TPSA) is 186 Å². The molecule has 3 amide bonds. The molecule has 0 aromatic rings. The summed E-state index contributed by atoms with van der Waals surface area (Å²) in [6.07, 6.45) is 5.97. The van der Waals surface area contributed by atoms with Gasteiger partial charge in [0.05, 0.1) is 12.5 Å². The number of nitrogens with zero attached hydrogens (tertiary/aromatic N) is 2. The Balaban J connectivity index is 2.06. The first-order valence-electron chi connectivity index (χ1n) is 13.8. The summed E-state index contributed by atoms with van der Waals surface area (Å²) in [5.41, 5.74) is 5.60. The molecule has 0 spiro atoms. The predicted octanol–water partition coefficient (Wildman–Crippen LogP) is 0.833. The maximum atomic E-state index is 13.4. The van der Waals surface area contributed by atoms with Crippen LogP contribution in [-0.4, -0.2) is 88.6 Å². The van der Waals surface area contributed by atoms with Gasteiger partial charge in [0.1, 0.15) is 18.4 Å². The molecule has 214 valence electrons. The minimum Gasteiger partial charge on any atom is -0.481 e. The summed E-state index contributed by atoms with van der Waals surface area (Å²) in [6.45, 7) is 5.41. The Morgan fingerprint density at radius 1 is 1.08 bits per heavy atom. The fourth-order valence-electron chi connectivity index (χ4n) is 5.53. The number of hydrogen-bond acceptors (Lipinski definition) is 6. The van der Waals surface area contributed by atoms with E-state index in [0.29, 0.717) is 51.5 Å². The highest BCUT2D eigenvalue weighted by atomic mass is 16.4. The standard InChI is InChI=1S/C26H44N6O6/c1-3-7-18(8-4-2)23(36)30-20(14-22(34)35)25(38)32-12-6-10-21(32)24(37)29-19(16-33)13-17-9-5-11-31(15-17)26(27)28/h16-21H,3-15H2,1-2H3,(H3,27,28)(H,29,37)(H,30,36)(H,34,35)/t17-,19-,20-,21-/m0/s1. The third-order valence-corrected chi connectivity index (χ3v) is 7.42. The van der Waals surface area contributed by atoms with E-state index in [0.717, 1.165) is 25.7 Å². The SMILES string of the molecule is CCCC(CCC)C(=O)N[C@@H](CC(=O)O)C(=O)N1CCC[C@H]1C(=O)N[C@H](C=O)C[C@@H]1CCCN(C(=N)N)C1. The molecule has 4 atom stereocenters. The molecule has 0 bridgehead atoms. The van der Waals surface area contributed by atoms with Crippen LogP contribution in [0.5, 0.6) is 0 Å². The predicted molar refractivity (Wildman–Crippen MR) is 141 cm³/mol. The van der Waals surface area contributed by atoms with Crippen LogP contribution in [0.25, 0.3) is 0 Å². The number of rotatable bonds is 14. The van der Waals surface area contributed by atoms with E-state index in [1.807, 2.05) is 13.8 Å². The number of aliphatic carboxylic acids is 1. The van der Waals surface area contributed by atoms with Crippen molar-refractivity contribution < 1.29 is 29.1 Å². The Kier molecular flexibility index (Phi) is 12.5. The van der Waals surface area contributed by atoms with Gasteiger partial charge in [0.25, 0.3) is 0 Å². The van der Waals surface area contributed by atoms with Crippen LogP contribution in [0, 0.1) is 17.2 Å². The number of carbonyl (C=O) groups is 5. The number of guanidine groups is 1. The highest BCUT2D eigenvalue weighted by Crippen LogP contribution is 2.23. The van der Waals surface area contributed by atoms with Crippen molar-refractivity contribution in [1.82, 2.24) is 20.4 Å². The van der Waals surface area contributed by atoms with Gasteiger partial charge >= 0.3 is 5.97 Å². The molecule has 0 radical (unpaired) electrons. The van der Waals surface area contributed by atoms with Crippen molar-refractivity contribution in [3.8, 4) is 0 Å². The zero-order valence-electron chi connectivity index (χ0n) is 22.6. The van der Waals surface area contributed by atoms with Gasteiger partial charge in [-0.25, -0.2) is 0 Å². The average molecular weight is 537 g/mol. The second-order valence-electron chi connectivity index (χ2n) is 10.4. The Bertz CT molecular complexity index is 861. The number of carboxylic acid groups (broad SMARTS) is 1. The Labute approximate surface area is 224 Å². The second-order valence-corrected chi connectivity index (χ2v) is 10.4. The number of piperidine rings is 1. The Hall–Kier alpha value is -3.18. The van der Waals surface area contributed by atoms with Crippen LogP contribution in [0.4, 0.5) is 0 Å². The van der Waals surface area contributed by atoms with Crippen LogP contribution in [0.15, 0.2) is 0 Å². The van der Waals surface area contributed by atoms with E-state index in [9.17, 15) is 29.1 Å². The highest BCUT2D eigenvalue weighted by molar-refractivity contribution is 5.95. The van der Waals surface area contributed by atoms with E-state index < -0.39 is 42.3 Å². The van der Waals surface area contributed by atoms with Crippen LogP contribution in [-0.2, 0) is 24.0 Å². The fourth-order valence-corrected chi connectivity index (χ4v) is 5.53. The van der Waals surface area contributed by atoms with E-state index in [1.165, 1.54) is 4.90 Å². The number of nitrogens with two attached hydrogens (primary N) is 1. The van der Waals surface area contributed by atoms with Crippen LogP contribution in [0.1, 0.15) is 78.1 Å². The second kappa shape index (κ2) is 15.3. The number of carbonyl (C=O) groups excluding carboxylic acids is 4. The van der Waals surface area contributed by atoms with Crippen LogP contribution >= 0.6 is 0 Å². The van der Waals surface area contributed by atoms with Gasteiger partial charge in [0.15, 0.2) is 5.96 Å². The third kappa shape index (κ3) is 8.98. The van der Waals surface area contributed by atoms with Crippen LogP contribution in [0.3, 0.4) is 0 Å². The molecule has 12 nitrogen and oxygen atoms in total. The number of hydrogen-bond donors (Lipinski definition) is 5. The number of likely N-dealkylation sites (tertiary alicyclic amines) is 2. The van der Waals surface area contributed by atoms with Crippen molar-refractivity contribution in [2.75, 3.05) is 19.6 Å². The minimum absolute atomic E-state index is 0.0137. The molecule has 2 rings (SSSR count). The van der Waals surface area contributed by atoms with E-state index in [4.69, 9.17) is 11.1 Å². The molecule has 12 heteroatoms. The molecule has 2 aliphatic heterocycles. The Morgan fingerprint density at radius 2 is 1.74 bits per heavy atom. The summed E-state index contributed by atoms with van der Waals surface area (Å²) >= 11 is 0. The van der Waals surface area contributed by atoms with Crippen molar-refractivity contribution in [2.45, 2.75) is 96.2 Å². The molecule has 2 aliphatic rings. The molecule has 38 heavy (non-hydrogen) atoms. The molecule has 2 saturated heterocycles. The maximum absolute atomic E-state index is 13.4. The van der Waals surface area contributed by atoms with Crippen molar-refractivity contribution in [3.63, 3.8) is 0 Å². The minimum atomic E-state index is -1.27. The maximum Gasteiger partial charge on any atom is 0.305 e. The summed E-state index contributed by atoms with van der Waals surface area (Å²) in [4.78, 5) is 65.8. The molecule has 0 aromatic carbocycles. The molecule has 0 aromatic heterocycles. The molecule has 0 unspecified atom stereocenters. The van der Waals surface area contributed by atoms with E-state index in [2.05, 4.69) is 10.6 Å². The smallest absolute Gasteiger partial charge is 0.305 e. The van der Waals surface area contributed by atoms with E-state index >= 15 is 0 Å². The lowest BCUT2D eigenvalue weighted by atomic mass is 9.91. The van der Waals surface area contributed by atoms with Crippen LogP contribution < -0.4 is 16.4 Å². The summed E-state index contributed by atoms with van der Waals surface area (Å²) in [7, 11) is 0. The zero-order valence-corrected chi connectivity index (χ0v) is 22.6. The van der Waals surface area contributed by atoms with Gasteiger partial charge in [0.2, 0.25) is 17.7 Å². The van der Waals surface area contributed by atoms with Crippen molar-refractivity contribution in [2.24, 2.45) is 17.6 Å². The lowest BCUT2D eigenvalue weighted by Gasteiger charge is -2.34. The fraction of sp³-hybridized carbons (Fsp3) is 0.769. The average Bonchev–Trinajstić information content (AvgIpc) is 3.37. The number of amides is 3. The van der Waals surface area contributed by atoms with Gasteiger partial charge in [-0.3, -0.25) is 24.6 Å². The summed E-state index contributed by atoms with van der Waals surface area (Å²) < 4.78 is 0. The van der Waals surface area contributed by atoms with Crippen molar-refractivity contribution in [3.05, 3.63) is 0 Å². The van der Waals surface area contributed by atoms with Crippen LogP contribution in [0.2, 0.25) is 0 Å². The lowest BCUT2D eigenvalue weighted by molar-refractivity contribution is -0.146. The van der Waals surface area contributed by atoms with Crippen molar-refractivity contribution in [1.29, 1.82) is 5.41 Å². The first kappa shape index (κ1) is 31.0. The monoisotopic (exact) mass is 536 g/mol. The summed E-state index contributed by atoms with van der Waals surface area (Å²) in [5, 5.41) is 22.4. The molecule has 2 heterocycles. The van der Waals surface area contributed by atoms with Gasteiger partial charge in [-0.15, -0.1) is 0 Å².